The molecule has 0 radical (unpaired) electrons. The third-order valence-electron chi connectivity index (χ3n) is 3.79. The fraction of sp³-hybridized carbons (Fsp3) is 0.500. The maximum atomic E-state index is 12.1. The van der Waals surface area contributed by atoms with Crippen molar-refractivity contribution < 1.29 is 9.59 Å². The van der Waals surface area contributed by atoms with Crippen LogP contribution in [0.4, 0.5) is 0 Å². The number of benzene rings is 1. The van der Waals surface area contributed by atoms with Crippen LogP contribution in [0, 0.1) is 5.92 Å². The maximum absolute atomic E-state index is 12.1. The highest BCUT2D eigenvalue weighted by Crippen LogP contribution is 2.16. The van der Waals surface area contributed by atoms with Crippen molar-refractivity contribution in [2.24, 2.45) is 5.92 Å². The molecule has 2 amide bonds. The van der Waals surface area contributed by atoms with E-state index in [-0.39, 0.29) is 6.04 Å². The van der Waals surface area contributed by atoms with Gasteiger partial charge in [-0.05, 0) is 31.2 Å². The standard InChI is InChI=1S/C16H22N2O2/c1-12-7-6-10-18(11-12)16(20)15(19)17-13(2)14-8-4-3-5-9-14/h3-5,8-9,12-13H,6-7,10-11H2,1-2H3,(H,17,19). The van der Waals surface area contributed by atoms with Crippen LogP contribution < -0.4 is 5.32 Å². The Labute approximate surface area is 120 Å². The smallest absolute Gasteiger partial charge is 0.311 e. The number of rotatable bonds is 2. The number of nitrogens with one attached hydrogen (secondary N) is 1. The minimum atomic E-state index is -0.504. The van der Waals surface area contributed by atoms with Crippen molar-refractivity contribution in [1.29, 1.82) is 0 Å². The largest absolute Gasteiger partial charge is 0.341 e. The number of hydrogen-bond donors (Lipinski definition) is 1. The van der Waals surface area contributed by atoms with Gasteiger partial charge in [0.05, 0.1) is 6.04 Å². The fourth-order valence-corrected chi connectivity index (χ4v) is 2.60. The molecule has 2 atom stereocenters. The van der Waals surface area contributed by atoms with Crippen LogP contribution in [0.1, 0.15) is 38.3 Å². The molecule has 1 heterocycles. The molecule has 1 N–H and O–H groups in total. The van der Waals surface area contributed by atoms with Gasteiger partial charge in [0.15, 0.2) is 0 Å². The first-order valence-electron chi connectivity index (χ1n) is 7.22. The second kappa shape index (κ2) is 6.55. The summed E-state index contributed by atoms with van der Waals surface area (Å²) in [4.78, 5) is 25.8. The molecule has 1 fully saturated rings. The average Bonchev–Trinajstić information content (AvgIpc) is 2.47. The molecule has 0 bridgehead atoms. The summed E-state index contributed by atoms with van der Waals surface area (Å²) in [6, 6.07) is 9.50. The lowest BCUT2D eigenvalue weighted by molar-refractivity contribution is -0.147. The highest BCUT2D eigenvalue weighted by atomic mass is 16.2. The van der Waals surface area contributed by atoms with Gasteiger partial charge in [0.1, 0.15) is 0 Å². The molecule has 2 unspecified atom stereocenters. The molecule has 2 rings (SSSR count). The van der Waals surface area contributed by atoms with Gasteiger partial charge in [0.2, 0.25) is 0 Å². The van der Waals surface area contributed by atoms with Gasteiger partial charge in [-0.3, -0.25) is 9.59 Å². The summed E-state index contributed by atoms with van der Waals surface area (Å²) in [5, 5.41) is 2.78. The Morgan fingerprint density at radius 2 is 2.00 bits per heavy atom. The lowest BCUT2D eigenvalue weighted by Crippen LogP contribution is -2.47. The highest BCUT2D eigenvalue weighted by Gasteiger charge is 2.26. The normalized spacial score (nSPS) is 20.3. The molecule has 0 spiro atoms. The highest BCUT2D eigenvalue weighted by molar-refractivity contribution is 6.35. The van der Waals surface area contributed by atoms with Crippen LogP contribution in [0.2, 0.25) is 0 Å². The van der Waals surface area contributed by atoms with Gasteiger partial charge in [0.25, 0.3) is 0 Å². The van der Waals surface area contributed by atoms with Crippen molar-refractivity contribution in [3.63, 3.8) is 0 Å². The molecule has 1 saturated heterocycles. The van der Waals surface area contributed by atoms with Crippen LogP contribution in [-0.2, 0) is 9.59 Å². The van der Waals surface area contributed by atoms with Crippen molar-refractivity contribution in [2.75, 3.05) is 13.1 Å². The Morgan fingerprint density at radius 1 is 1.30 bits per heavy atom. The van der Waals surface area contributed by atoms with E-state index in [0.717, 1.165) is 18.4 Å². The molecule has 1 aromatic carbocycles. The lowest BCUT2D eigenvalue weighted by Gasteiger charge is -2.30. The van der Waals surface area contributed by atoms with Crippen molar-refractivity contribution in [1.82, 2.24) is 10.2 Å². The molecular weight excluding hydrogens is 252 g/mol. The van der Waals surface area contributed by atoms with E-state index >= 15 is 0 Å². The first-order valence-corrected chi connectivity index (χ1v) is 7.22. The van der Waals surface area contributed by atoms with Crippen molar-refractivity contribution in [3.05, 3.63) is 35.9 Å². The Hall–Kier alpha value is -1.84. The summed E-state index contributed by atoms with van der Waals surface area (Å²) < 4.78 is 0. The minimum Gasteiger partial charge on any atom is -0.341 e. The van der Waals surface area contributed by atoms with Gasteiger partial charge >= 0.3 is 11.8 Å². The van der Waals surface area contributed by atoms with Crippen LogP contribution in [0.25, 0.3) is 0 Å². The van der Waals surface area contributed by atoms with Gasteiger partial charge in [0, 0.05) is 13.1 Å². The lowest BCUT2D eigenvalue weighted by atomic mass is 10.0. The monoisotopic (exact) mass is 274 g/mol. The quantitative estimate of drug-likeness (QED) is 0.840. The molecular formula is C16H22N2O2. The molecule has 0 aromatic heterocycles. The SMILES string of the molecule is CC1CCCN(C(=O)C(=O)NC(C)c2ccccc2)C1. The van der Waals surface area contributed by atoms with Crippen molar-refractivity contribution in [2.45, 2.75) is 32.7 Å². The first kappa shape index (κ1) is 14.6. The second-order valence-electron chi connectivity index (χ2n) is 5.60. The molecule has 0 saturated carbocycles. The number of likely N-dealkylation sites (tertiary alicyclic amines) is 1. The van der Waals surface area contributed by atoms with E-state index in [1.807, 2.05) is 37.3 Å². The average molecular weight is 274 g/mol. The summed E-state index contributed by atoms with van der Waals surface area (Å²) >= 11 is 0. The molecule has 4 heteroatoms. The predicted octanol–water partition coefficient (Wildman–Crippen LogP) is 2.12. The zero-order valence-corrected chi connectivity index (χ0v) is 12.1. The molecule has 1 aliphatic heterocycles. The third kappa shape index (κ3) is 3.59. The van der Waals surface area contributed by atoms with Crippen LogP contribution in [0.5, 0.6) is 0 Å². The van der Waals surface area contributed by atoms with E-state index in [4.69, 9.17) is 0 Å². The van der Waals surface area contributed by atoms with Crippen molar-refractivity contribution in [3.8, 4) is 0 Å². The third-order valence-corrected chi connectivity index (χ3v) is 3.79. The van der Waals surface area contributed by atoms with Crippen LogP contribution in [0.3, 0.4) is 0 Å². The zero-order valence-electron chi connectivity index (χ0n) is 12.1. The number of carbonyl (C=O) groups is 2. The zero-order chi connectivity index (χ0) is 14.5. The van der Waals surface area contributed by atoms with Gasteiger partial charge in [-0.2, -0.15) is 0 Å². The summed E-state index contributed by atoms with van der Waals surface area (Å²) in [5.74, 6) is -0.429. The number of hydrogen-bond acceptors (Lipinski definition) is 2. The molecule has 108 valence electrons. The van der Waals surface area contributed by atoms with Gasteiger partial charge in [-0.25, -0.2) is 0 Å². The van der Waals surface area contributed by atoms with Crippen molar-refractivity contribution >= 4 is 11.8 Å². The summed E-state index contributed by atoms with van der Waals surface area (Å²) in [6.07, 6.45) is 2.11. The van der Waals surface area contributed by atoms with Gasteiger partial charge < -0.3 is 10.2 Å². The molecule has 20 heavy (non-hydrogen) atoms. The molecule has 4 nitrogen and oxygen atoms in total. The van der Waals surface area contributed by atoms with Crippen LogP contribution in [0.15, 0.2) is 30.3 Å². The molecule has 1 aliphatic rings. The predicted molar refractivity (Wildman–Crippen MR) is 78.0 cm³/mol. The summed E-state index contributed by atoms with van der Waals surface area (Å²) in [5.41, 5.74) is 1.00. The Bertz CT molecular complexity index is 473. The number of carbonyl (C=O) groups excluding carboxylic acids is 2. The first-order chi connectivity index (χ1) is 9.58. The minimum absolute atomic E-state index is 0.158. The van der Waals surface area contributed by atoms with E-state index in [2.05, 4.69) is 12.2 Å². The Morgan fingerprint density at radius 3 is 2.65 bits per heavy atom. The topological polar surface area (TPSA) is 49.4 Å². The van der Waals surface area contributed by atoms with E-state index in [1.54, 1.807) is 4.90 Å². The summed E-state index contributed by atoms with van der Waals surface area (Å²) in [6.45, 7) is 5.38. The number of nitrogens with zero attached hydrogens (tertiary/aromatic N) is 1. The maximum Gasteiger partial charge on any atom is 0.311 e. The van der Waals surface area contributed by atoms with E-state index in [9.17, 15) is 9.59 Å². The van der Waals surface area contributed by atoms with Crippen LogP contribution in [-0.4, -0.2) is 29.8 Å². The van der Waals surface area contributed by atoms with Gasteiger partial charge in [-0.15, -0.1) is 0 Å². The van der Waals surface area contributed by atoms with Gasteiger partial charge in [-0.1, -0.05) is 37.3 Å². The fourth-order valence-electron chi connectivity index (χ4n) is 2.60. The number of amides is 2. The Balaban J connectivity index is 1.92. The number of piperidine rings is 1. The second-order valence-corrected chi connectivity index (χ2v) is 5.60. The Kier molecular flexibility index (Phi) is 4.77. The van der Waals surface area contributed by atoms with E-state index in [0.29, 0.717) is 19.0 Å². The summed E-state index contributed by atoms with van der Waals surface area (Å²) in [7, 11) is 0. The van der Waals surface area contributed by atoms with E-state index < -0.39 is 11.8 Å². The van der Waals surface area contributed by atoms with E-state index in [1.165, 1.54) is 0 Å². The van der Waals surface area contributed by atoms with Crippen LogP contribution >= 0.6 is 0 Å². The molecule has 0 aliphatic carbocycles. The molecule has 1 aromatic rings.